The van der Waals surface area contributed by atoms with E-state index in [1.807, 2.05) is 36.4 Å². The summed E-state index contributed by atoms with van der Waals surface area (Å²) in [6.07, 6.45) is 1.67. The van der Waals surface area contributed by atoms with Crippen LogP contribution in [-0.4, -0.2) is 23.3 Å². The summed E-state index contributed by atoms with van der Waals surface area (Å²) in [4.78, 5) is 0. The minimum Gasteiger partial charge on any atom is -0.492 e. The van der Waals surface area contributed by atoms with Crippen molar-refractivity contribution in [1.82, 2.24) is 15.5 Å². The van der Waals surface area contributed by atoms with Gasteiger partial charge in [-0.25, -0.2) is 0 Å². The third-order valence-electron chi connectivity index (χ3n) is 2.29. The highest BCUT2D eigenvalue weighted by molar-refractivity contribution is 9.10. The molecule has 0 saturated carbocycles. The van der Waals surface area contributed by atoms with Crippen LogP contribution >= 0.6 is 15.9 Å². The van der Waals surface area contributed by atoms with Crippen LogP contribution in [0.4, 0.5) is 0 Å². The van der Waals surface area contributed by atoms with Gasteiger partial charge in [0.15, 0.2) is 0 Å². The highest BCUT2D eigenvalue weighted by atomic mass is 79.9. The first kappa shape index (κ1) is 13.0. The van der Waals surface area contributed by atoms with Crippen molar-refractivity contribution in [3.8, 4) is 5.75 Å². The number of benzene rings is 1. The number of hydrogen-bond acceptors (Lipinski definition) is 4. The van der Waals surface area contributed by atoms with Gasteiger partial charge < -0.3 is 10.1 Å². The zero-order valence-corrected chi connectivity index (χ0v) is 11.4. The molecule has 2 rings (SSSR count). The first-order chi connectivity index (χ1) is 8.84. The van der Waals surface area contributed by atoms with Crippen LogP contribution in [0.5, 0.6) is 5.75 Å². The maximum absolute atomic E-state index is 5.58. The van der Waals surface area contributed by atoms with Crippen LogP contribution in [-0.2, 0) is 6.54 Å². The highest BCUT2D eigenvalue weighted by Crippen LogP contribution is 2.15. The van der Waals surface area contributed by atoms with Crippen molar-refractivity contribution >= 4 is 15.9 Å². The molecule has 94 valence electrons. The Labute approximate surface area is 115 Å². The van der Waals surface area contributed by atoms with Crippen LogP contribution in [0.25, 0.3) is 0 Å². The maximum atomic E-state index is 5.58. The molecule has 0 fully saturated rings. The molecule has 0 atom stereocenters. The maximum Gasteiger partial charge on any atom is 0.119 e. The zero-order valence-electron chi connectivity index (χ0n) is 9.84. The fourth-order valence-corrected chi connectivity index (χ4v) is 1.68. The van der Waals surface area contributed by atoms with E-state index >= 15 is 0 Å². The smallest absolute Gasteiger partial charge is 0.119 e. The van der Waals surface area contributed by atoms with Crippen molar-refractivity contribution in [2.24, 2.45) is 0 Å². The van der Waals surface area contributed by atoms with Crippen LogP contribution in [0.2, 0.25) is 0 Å². The largest absolute Gasteiger partial charge is 0.492 e. The summed E-state index contributed by atoms with van der Waals surface area (Å²) in [5.74, 6) is 0.875. The van der Waals surface area contributed by atoms with E-state index in [-0.39, 0.29) is 0 Å². The van der Waals surface area contributed by atoms with Crippen molar-refractivity contribution < 1.29 is 4.74 Å². The van der Waals surface area contributed by atoms with Gasteiger partial charge in [0.2, 0.25) is 0 Å². The second-order valence-corrected chi connectivity index (χ2v) is 4.61. The van der Waals surface area contributed by atoms with Gasteiger partial charge in [-0.05, 0) is 36.4 Å². The molecule has 5 heteroatoms. The molecule has 0 amide bonds. The van der Waals surface area contributed by atoms with E-state index in [1.54, 1.807) is 6.20 Å². The molecule has 4 nitrogen and oxygen atoms in total. The summed E-state index contributed by atoms with van der Waals surface area (Å²) < 4.78 is 6.63. The lowest BCUT2D eigenvalue weighted by Crippen LogP contribution is -2.21. The van der Waals surface area contributed by atoms with Crippen molar-refractivity contribution in [2.45, 2.75) is 6.54 Å². The van der Waals surface area contributed by atoms with E-state index in [2.05, 4.69) is 31.4 Å². The Morgan fingerprint density at radius 1 is 1.17 bits per heavy atom. The van der Waals surface area contributed by atoms with E-state index in [0.717, 1.165) is 22.5 Å². The molecule has 0 aliphatic carbocycles. The van der Waals surface area contributed by atoms with Gasteiger partial charge in [-0.1, -0.05) is 15.9 Å². The Morgan fingerprint density at radius 2 is 2.00 bits per heavy atom. The molecule has 0 saturated heterocycles. The first-order valence-corrected chi connectivity index (χ1v) is 6.49. The molecule has 18 heavy (non-hydrogen) atoms. The summed E-state index contributed by atoms with van der Waals surface area (Å²) in [5.41, 5.74) is 0.932. The molecular weight excluding hydrogens is 294 g/mol. The van der Waals surface area contributed by atoms with E-state index < -0.39 is 0 Å². The molecular formula is C13H14BrN3O. The lowest BCUT2D eigenvalue weighted by Gasteiger charge is -2.07. The molecule has 0 radical (unpaired) electrons. The van der Waals surface area contributed by atoms with E-state index in [1.165, 1.54) is 0 Å². The molecule has 1 heterocycles. The zero-order chi connectivity index (χ0) is 12.6. The monoisotopic (exact) mass is 307 g/mol. The molecule has 0 unspecified atom stereocenters. The van der Waals surface area contributed by atoms with E-state index in [0.29, 0.717) is 13.2 Å². The fourth-order valence-electron chi connectivity index (χ4n) is 1.42. The average Bonchev–Trinajstić information content (AvgIpc) is 2.42. The Balaban J connectivity index is 1.63. The Kier molecular flexibility index (Phi) is 5.11. The van der Waals surface area contributed by atoms with Crippen LogP contribution < -0.4 is 10.1 Å². The number of halogens is 1. The SMILES string of the molecule is Brc1ccc(OCCNCc2cccnn2)cc1. The predicted molar refractivity (Wildman–Crippen MR) is 73.4 cm³/mol. The third-order valence-corrected chi connectivity index (χ3v) is 2.82. The van der Waals surface area contributed by atoms with Crippen molar-refractivity contribution in [3.63, 3.8) is 0 Å². The summed E-state index contributed by atoms with van der Waals surface area (Å²) >= 11 is 3.38. The number of ether oxygens (including phenoxy) is 1. The van der Waals surface area contributed by atoms with Gasteiger partial charge in [0.25, 0.3) is 0 Å². The van der Waals surface area contributed by atoms with Gasteiger partial charge >= 0.3 is 0 Å². The molecule has 0 spiro atoms. The number of nitrogens with zero attached hydrogens (tertiary/aromatic N) is 2. The highest BCUT2D eigenvalue weighted by Gasteiger charge is 1.95. The number of nitrogens with one attached hydrogen (secondary N) is 1. The van der Waals surface area contributed by atoms with Gasteiger partial charge in [-0.3, -0.25) is 0 Å². The van der Waals surface area contributed by atoms with Crippen molar-refractivity contribution in [3.05, 3.63) is 52.8 Å². The third kappa shape index (κ3) is 4.43. The van der Waals surface area contributed by atoms with Crippen molar-refractivity contribution in [1.29, 1.82) is 0 Å². The first-order valence-electron chi connectivity index (χ1n) is 5.70. The minimum absolute atomic E-state index is 0.627. The van der Waals surface area contributed by atoms with Crippen LogP contribution in [0.3, 0.4) is 0 Å². The van der Waals surface area contributed by atoms with Crippen molar-refractivity contribution in [2.75, 3.05) is 13.2 Å². The van der Waals surface area contributed by atoms with Crippen LogP contribution in [0, 0.1) is 0 Å². The molecule has 0 aliphatic heterocycles. The lowest BCUT2D eigenvalue weighted by atomic mass is 10.3. The molecule has 0 aliphatic rings. The van der Waals surface area contributed by atoms with E-state index in [4.69, 9.17) is 4.74 Å². The molecule has 2 aromatic rings. The summed E-state index contributed by atoms with van der Waals surface area (Å²) in [6, 6.07) is 11.6. The topological polar surface area (TPSA) is 47.0 Å². The average molecular weight is 308 g/mol. The second-order valence-electron chi connectivity index (χ2n) is 3.69. The number of hydrogen-bond donors (Lipinski definition) is 1. The van der Waals surface area contributed by atoms with Crippen LogP contribution in [0.1, 0.15) is 5.69 Å². The lowest BCUT2D eigenvalue weighted by molar-refractivity contribution is 0.313. The normalized spacial score (nSPS) is 10.3. The van der Waals surface area contributed by atoms with Gasteiger partial charge in [-0.15, -0.1) is 0 Å². The Morgan fingerprint density at radius 3 is 2.72 bits per heavy atom. The standard InChI is InChI=1S/C13H14BrN3O/c14-11-3-5-13(6-4-11)18-9-8-15-10-12-2-1-7-16-17-12/h1-7,15H,8-10H2. The summed E-state index contributed by atoms with van der Waals surface area (Å²) in [5, 5.41) is 11.0. The quantitative estimate of drug-likeness (QED) is 0.833. The minimum atomic E-state index is 0.627. The second kappa shape index (κ2) is 7.08. The molecule has 1 aromatic heterocycles. The summed E-state index contributed by atoms with van der Waals surface area (Å²) in [6.45, 7) is 2.10. The summed E-state index contributed by atoms with van der Waals surface area (Å²) in [7, 11) is 0. The van der Waals surface area contributed by atoms with Gasteiger partial charge in [0.05, 0.1) is 5.69 Å². The Hall–Kier alpha value is -1.46. The molecule has 1 aromatic carbocycles. The predicted octanol–water partition coefficient (Wildman–Crippen LogP) is 2.41. The van der Waals surface area contributed by atoms with Gasteiger partial charge in [0, 0.05) is 23.8 Å². The Bertz CT molecular complexity index is 461. The van der Waals surface area contributed by atoms with Gasteiger partial charge in [0.1, 0.15) is 12.4 Å². The van der Waals surface area contributed by atoms with Gasteiger partial charge in [-0.2, -0.15) is 10.2 Å². The van der Waals surface area contributed by atoms with Crippen LogP contribution in [0.15, 0.2) is 47.1 Å². The van der Waals surface area contributed by atoms with E-state index in [9.17, 15) is 0 Å². The number of rotatable bonds is 6. The fraction of sp³-hybridized carbons (Fsp3) is 0.231. The molecule has 0 bridgehead atoms. The number of aromatic nitrogens is 2. The molecule has 1 N–H and O–H groups in total.